The number of aryl methyl sites for hydroxylation is 3. The van der Waals surface area contributed by atoms with Crippen LogP contribution in [0.3, 0.4) is 0 Å². The summed E-state index contributed by atoms with van der Waals surface area (Å²) < 4.78 is 25.0. The van der Waals surface area contributed by atoms with Crippen LogP contribution in [0.15, 0.2) is 132 Å². The van der Waals surface area contributed by atoms with Gasteiger partial charge in [-0.05, 0) is 138 Å². The van der Waals surface area contributed by atoms with Crippen molar-refractivity contribution in [2.24, 2.45) is 10.2 Å². The van der Waals surface area contributed by atoms with Crippen LogP contribution in [0.2, 0.25) is 0 Å². The van der Waals surface area contributed by atoms with Crippen LogP contribution in [0.1, 0.15) is 27.8 Å². The number of hydrogen-bond donors (Lipinski definition) is 1. The molecule has 268 valence electrons. The average Bonchev–Trinajstić information content (AvgIpc) is 3.83. The molecule has 0 aliphatic carbocycles. The fourth-order valence-electron chi connectivity index (χ4n) is 6.80. The van der Waals surface area contributed by atoms with Crippen molar-refractivity contribution in [2.75, 3.05) is 0 Å². The molecule has 9 aromatic rings. The number of rotatable bonds is 8. The van der Waals surface area contributed by atoms with E-state index in [1.54, 1.807) is 27.8 Å². The van der Waals surface area contributed by atoms with Gasteiger partial charge in [-0.2, -0.15) is 24.0 Å². The fourth-order valence-corrected chi connectivity index (χ4v) is 7.07. The molecule has 0 aliphatic rings. The molecule has 1 atom stereocenters. The Kier molecular flexibility index (Phi) is 8.53. The van der Waals surface area contributed by atoms with Crippen molar-refractivity contribution in [1.29, 1.82) is 0 Å². The van der Waals surface area contributed by atoms with E-state index in [0.717, 1.165) is 72.0 Å². The monoisotopic (exact) mass is 740 g/mol. The third-order valence-corrected chi connectivity index (χ3v) is 9.98. The summed E-state index contributed by atoms with van der Waals surface area (Å²) in [7, 11) is 0. The van der Waals surface area contributed by atoms with Crippen LogP contribution in [-0.4, -0.2) is 38.7 Å². The Labute approximate surface area is 317 Å². The Morgan fingerprint density at radius 3 is 1.96 bits per heavy atom. The molecule has 0 fully saturated rings. The first-order chi connectivity index (χ1) is 26.8. The van der Waals surface area contributed by atoms with E-state index >= 15 is 0 Å². The van der Waals surface area contributed by atoms with Gasteiger partial charge in [0, 0.05) is 10.8 Å². The zero-order valence-corrected chi connectivity index (χ0v) is 30.8. The molecule has 0 radical (unpaired) electrons. The molecule has 0 saturated heterocycles. The van der Waals surface area contributed by atoms with Crippen LogP contribution < -0.4 is 4.18 Å². The van der Waals surface area contributed by atoms with Crippen LogP contribution in [0, 0.1) is 20.8 Å². The van der Waals surface area contributed by atoms with E-state index in [1.165, 1.54) is 10.9 Å². The first kappa shape index (κ1) is 33.9. The molecule has 11 nitrogen and oxygen atoms in total. The molecule has 7 aromatic carbocycles. The van der Waals surface area contributed by atoms with Crippen molar-refractivity contribution in [1.82, 2.24) is 30.0 Å². The molecule has 12 heteroatoms. The molecule has 9 rings (SSSR count). The van der Waals surface area contributed by atoms with Gasteiger partial charge in [0.05, 0.1) is 22.7 Å². The van der Waals surface area contributed by atoms with Gasteiger partial charge >= 0.3 is 11.4 Å². The fraction of sp³-hybridized carbons (Fsp3) is 0.0698. The minimum Gasteiger partial charge on any atom is -0.380 e. The molecule has 0 saturated carbocycles. The highest BCUT2D eigenvalue weighted by Gasteiger charge is 2.13. The maximum absolute atomic E-state index is 11.0. The molecular weight excluding hydrogens is 709 g/mol. The summed E-state index contributed by atoms with van der Waals surface area (Å²) in [5.74, 6) is 0.295. The van der Waals surface area contributed by atoms with E-state index in [9.17, 15) is 4.21 Å². The molecule has 0 bridgehead atoms. The van der Waals surface area contributed by atoms with Crippen molar-refractivity contribution in [3.63, 3.8) is 0 Å². The molecule has 2 heterocycles. The summed E-state index contributed by atoms with van der Waals surface area (Å²) in [4.78, 5) is 3.30. The minimum absolute atomic E-state index is 0.295. The Morgan fingerprint density at radius 2 is 1.22 bits per heavy atom. The summed E-state index contributed by atoms with van der Waals surface area (Å²) >= 11 is -2.39. The summed E-state index contributed by atoms with van der Waals surface area (Å²) in [6, 6.07) is 39.1. The van der Waals surface area contributed by atoms with Crippen LogP contribution in [0.4, 0.5) is 11.4 Å². The number of aromatic nitrogens is 6. The van der Waals surface area contributed by atoms with Gasteiger partial charge in [0.25, 0.3) is 0 Å². The Balaban J connectivity index is 0.880. The lowest BCUT2D eigenvalue weighted by molar-refractivity contribution is 0.458. The van der Waals surface area contributed by atoms with Crippen LogP contribution in [0.5, 0.6) is 5.75 Å². The number of fused-ring (bicyclic) bond motifs is 6. The number of nitrogens with zero attached hydrogens (tertiary/aromatic N) is 8. The van der Waals surface area contributed by atoms with Gasteiger partial charge in [-0.1, -0.05) is 54.6 Å². The smallest absolute Gasteiger partial charge is 0.357 e. The van der Waals surface area contributed by atoms with E-state index in [0.29, 0.717) is 17.0 Å². The van der Waals surface area contributed by atoms with Crippen LogP contribution in [0.25, 0.3) is 67.1 Å². The van der Waals surface area contributed by atoms with Gasteiger partial charge in [0.1, 0.15) is 27.8 Å². The Hall–Kier alpha value is -6.89. The Bertz CT molecular complexity index is 3040. The molecular formula is C43H32N8O3S. The first-order valence-corrected chi connectivity index (χ1v) is 18.6. The molecule has 2 aromatic heterocycles. The quantitative estimate of drug-likeness (QED) is 0.0931. The second kappa shape index (κ2) is 13.8. The highest BCUT2D eigenvalue weighted by atomic mass is 32.2. The zero-order chi connectivity index (χ0) is 37.6. The number of benzene rings is 7. The molecule has 0 amide bonds. The van der Waals surface area contributed by atoms with Crippen LogP contribution >= 0.6 is 0 Å². The third-order valence-electron chi connectivity index (χ3n) is 9.65. The van der Waals surface area contributed by atoms with Crippen LogP contribution in [-0.2, 0) is 11.4 Å². The maximum Gasteiger partial charge on any atom is 0.357 e. The second-order valence-electron chi connectivity index (χ2n) is 13.3. The van der Waals surface area contributed by atoms with Gasteiger partial charge < -0.3 is 4.18 Å². The second-order valence-corrected chi connectivity index (χ2v) is 13.9. The number of hydrogen-bond acceptors (Lipinski definition) is 8. The predicted molar refractivity (Wildman–Crippen MR) is 218 cm³/mol. The van der Waals surface area contributed by atoms with E-state index in [2.05, 4.69) is 96.8 Å². The largest absolute Gasteiger partial charge is 0.380 e. The molecule has 55 heavy (non-hydrogen) atoms. The third kappa shape index (κ3) is 6.65. The molecule has 1 unspecified atom stereocenters. The minimum atomic E-state index is -2.39. The standard InChI is InChI=1S/C43H32N8O3S/c1-26-22-33(45-44-32-14-17-34(18-15-32)50-46-40-21-12-31-25-36(54-55(52)53)19-20-38(31)42(40)48-50)13-10-29(26)8-9-30-11-16-35(23-27(30)2)51-47-41-24-28(3)37-6-4-5-7-39(37)43(41)49-51/h4-25H,1-3H3,(H,52,53). The predicted octanol–water partition coefficient (Wildman–Crippen LogP) is 10.5. The highest BCUT2D eigenvalue weighted by Crippen LogP contribution is 2.30. The van der Waals surface area contributed by atoms with E-state index in [4.69, 9.17) is 24.0 Å². The van der Waals surface area contributed by atoms with Crippen molar-refractivity contribution >= 4 is 78.5 Å². The normalized spacial score (nSPS) is 12.6. The van der Waals surface area contributed by atoms with Gasteiger partial charge in [-0.3, -0.25) is 4.55 Å². The lowest BCUT2D eigenvalue weighted by Crippen LogP contribution is -1.99. The summed E-state index contributed by atoms with van der Waals surface area (Å²) in [6.45, 7) is 6.28. The number of azo groups is 1. The lowest BCUT2D eigenvalue weighted by atomic mass is 10.0. The van der Waals surface area contributed by atoms with E-state index in [1.807, 2.05) is 54.6 Å². The average molecular weight is 741 g/mol. The van der Waals surface area contributed by atoms with Crippen molar-refractivity contribution in [3.05, 3.63) is 149 Å². The topological polar surface area (TPSA) is 133 Å². The SMILES string of the molecule is Cc1cc(N=Nc2ccc(-n3nc4ccc5cc(OS(=O)O)ccc5c4n3)cc2)ccc1C=Cc1ccc(-n2nc3cc(C)c4ccccc4c3n2)cc1C. The summed E-state index contributed by atoms with van der Waals surface area (Å²) in [5.41, 5.74) is 12.0. The Morgan fingerprint density at radius 1 is 0.582 bits per heavy atom. The van der Waals surface area contributed by atoms with Gasteiger partial charge in [0.2, 0.25) is 0 Å². The lowest BCUT2D eigenvalue weighted by Gasteiger charge is -2.06. The van der Waals surface area contributed by atoms with Crippen molar-refractivity contribution in [3.8, 4) is 17.1 Å². The maximum atomic E-state index is 11.0. The first-order valence-electron chi connectivity index (χ1n) is 17.5. The summed E-state index contributed by atoms with van der Waals surface area (Å²) in [5, 5.41) is 31.9. The van der Waals surface area contributed by atoms with Gasteiger partial charge in [-0.15, -0.1) is 20.4 Å². The van der Waals surface area contributed by atoms with Crippen molar-refractivity contribution in [2.45, 2.75) is 20.8 Å². The van der Waals surface area contributed by atoms with E-state index < -0.39 is 11.4 Å². The zero-order valence-electron chi connectivity index (χ0n) is 30.0. The molecule has 0 spiro atoms. The van der Waals surface area contributed by atoms with E-state index in [-0.39, 0.29) is 0 Å². The highest BCUT2D eigenvalue weighted by molar-refractivity contribution is 7.74. The van der Waals surface area contributed by atoms with Crippen molar-refractivity contribution < 1.29 is 12.9 Å². The molecule has 0 aliphatic heterocycles. The van der Waals surface area contributed by atoms with Gasteiger partial charge in [0.15, 0.2) is 0 Å². The summed E-state index contributed by atoms with van der Waals surface area (Å²) in [6.07, 6.45) is 4.25. The molecule has 1 N–H and O–H groups in total. The van der Waals surface area contributed by atoms with Gasteiger partial charge in [-0.25, -0.2) is 0 Å².